The van der Waals surface area contributed by atoms with Crippen molar-refractivity contribution in [1.29, 1.82) is 0 Å². The van der Waals surface area contributed by atoms with Gasteiger partial charge in [-0.1, -0.05) is 6.07 Å². The molecule has 1 aliphatic carbocycles. The predicted molar refractivity (Wildman–Crippen MR) is 109 cm³/mol. The van der Waals surface area contributed by atoms with Gasteiger partial charge in [-0.05, 0) is 67.8 Å². The summed E-state index contributed by atoms with van der Waals surface area (Å²) in [6, 6.07) is 10.6. The minimum Gasteiger partial charge on any atom is -0.460 e. The summed E-state index contributed by atoms with van der Waals surface area (Å²) in [7, 11) is 0. The van der Waals surface area contributed by atoms with Crippen molar-refractivity contribution in [2.45, 2.75) is 32.6 Å². The molecule has 2 nitrogen and oxygen atoms in total. The normalized spacial score (nSPS) is 13.6. The number of rotatable bonds is 2. The van der Waals surface area contributed by atoms with Gasteiger partial charge in [0.2, 0.25) is 0 Å². The van der Waals surface area contributed by atoms with E-state index in [4.69, 9.17) is 9.40 Å². The molecule has 0 fully saturated rings. The number of fused-ring (bicyclic) bond motifs is 3. The fraction of sp³-hybridized carbons (Fsp3) is 0.250. The van der Waals surface area contributed by atoms with Crippen molar-refractivity contribution in [2.75, 3.05) is 0 Å². The van der Waals surface area contributed by atoms with Crippen LogP contribution in [0.4, 0.5) is 0 Å². The Balaban J connectivity index is 0.00000157. The van der Waals surface area contributed by atoms with Crippen LogP contribution >= 0.6 is 35.1 Å². The second kappa shape index (κ2) is 6.60. The van der Waals surface area contributed by atoms with Gasteiger partial charge in [-0.3, -0.25) is 0 Å². The van der Waals surface area contributed by atoms with E-state index >= 15 is 0 Å². The Kier molecular flexibility index (Phi) is 4.44. The van der Waals surface area contributed by atoms with Crippen LogP contribution in [-0.2, 0) is 12.8 Å². The molecule has 5 heteroatoms. The Labute approximate surface area is 160 Å². The van der Waals surface area contributed by atoms with Crippen LogP contribution in [0.25, 0.3) is 32.1 Å². The minimum absolute atomic E-state index is 0. The summed E-state index contributed by atoms with van der Waals surface area (Å²) in [6.45, 7) is 1.98. The second-order valence-corrected chi connectivity index (χ2v) is 8.37. The summed E-state index contributed by atoms with van der Waals surface area (Å²) in [5, 5.41) is 3.53. The minimum atomic E-state index is 0. The highest BCUT2D eigenvalue weighted by molar-refractivity contribution is 7.19. The number of thiophene rings is 2. The average Bonchev–Trinajstić information content (AvgIpc) is 3.33. The van der Waals surface area contributed by atoms with Crippen molar-refractivity contribution >= 4 is 45.3 Å². The maximum Gasteiger partial charge on any atom is 0.152 e. The first kappa shape index (κ1) is 16.8. The molecule has 0 bridgehead atoms. The summed E-state index contributed by atoms with van der Waals surface area (Å²) >= 11 is 3.68. The third-order valence-electron chi connectivity index (χ3n) is 4.70. The van der Waals surface area contributed by atoms with Gasteiger partial charge < -0.3 is 4.42 Å². The van der Waals surface area contributed by atoms with E-state index in [1.54, 1.807) is 16.9 Å². The third kappa shape index (κ3) is 2.82. The number of furan rings is 1. The average molecular weight is 388 g/mol. The van der Waals surface area contributed by atoms with Gasteiger partial charge in [0.15, 0.2) is 5.76 Å². The van der Waals surface area contributed by atoms with Crippen molar-refractivity contribution in [3.63, 3.8) is 0 Å². The van der Waals surface area contributed by atoms with Gasteiger partial charge in [0.1, 0.15) is 16.3 Å². The maximum atomic E-state index is 5.84. The molecule has 0 N–H and O–H groups in total. The Morgan fingerprint density at radius 3 is 2.76 bits per heavy atom. The maximum absolute atomic E-state index is 5.84. The van der Waals surface area contributed by atoms with Crippen molar-refractivity contribution in [3.8, 4) is 21.9 Å². The fourth-order valence-corrected chi connectivity index (χ4v) is 5.62. The van der Waals surface area contributed by atoms with Crippen LogP contribution in [0.3, 0.4) is 0 Å². The molecule has 25 heavy (non-hydrogen) atoms. The fourth-order valence-electron chi connectivity index (χ4n) is 3.58. The van der Waals surface area contributed by atoms with Gasteiger partial charge in [-0.2, -0.15) is 0 Å². The van der Waals surface area contributed by atoms with E-state index in [0.717, 1.165) is 22.0 Å². The Bertz CT molecular complexity index is 1030. The monoisotopic (exact) mass is 387 g/mol. The molecule has 4 heterocycles. The smallest absolute Gasteiger partial charge is 0.152 e. The van der Waals surface area contributed by atoms with Gasteiger partial charge in [0.25, 0.3) is 0 Å². The van der Waals surface area contributed by atoms with E-state index in [0.29, 0.717) is 0 Å². The Morgan fingerprint density at radius 2 is 2.00 bits per heavy atom. The van der Waals surface area contributed by atoms with Crippen LogP contribution in [0.1, 0.15) is 29.0 Å². The molecule has 4 aromatic heterocycles. The highest BCUT2D eigenvalue weighted by atomic mass is 35.5. The quantitative estimate of drug-likeness (QED) is 0.374. The molecule has 0 radical (unpaired) electrons. The largest absolute Gasteiger partial charge is 0.460 e. The first-order chi connectivity index (χ1) is 11.8. The summed E-state index contributed by atoms with van der Waals surface area (Å²) in [5.41, 5.74) is 3.80. The highest BCUT2D eigenvalue weighted by Gasteiger charge is 2.22. The molecular formula is C20H18ClNOS2. The van der Waals surface area contributed by atoms with Crippen molar-refractivity contribution in [2.24, 2.45) is 0 Å². The molecule has 128 valence electrons. The highest BCUT2D eigenvalue weighted by Crippen LogP contribution is 2.43. The number of pyridine rings is 1. The standard InChI is InChI=1S/C20H17NOS2.ClH/c1-12-8-9-16(22-12)15-11-14(17-7-4-10-23-17)19-13-5-2-3-6-18(13)24-20(19)21-15;/h4,7-11H,2-3,5-6H2,1H3;1H. The molecule has 1 aliphatic rings. The van der Waals surface area contributed by atoms with Crippen molar-refractivity contribution < 1.29 is 4.42 Å². The van der Waals surface area contributed by atoms with Crippen LogP contribution in [0.15, 0.2) is 40.1 Å². The van der Waals surface area contributed by atoms with E-state index in [-0.39, 0.29) is 12.4 Å². The molecule has 0 amide bonds. The molecule has 0 unspecified atom stereocenters. The topological polar surface area (TPSA) is 26.0 Å². The lowest BCUT2D eigenvalue weighted by Gasteiger charge is -2.12. The van der Waals surface area contributed by atoms with Gasteiger partial charge >= 0.3 is 0 Å². The molecule has 0 aliphatic heterocycles. The SMILES string of the molecule is Cc1ccc(-c2cc(-c3cccs3)c3c4c(sc3n2)CCCC4)o1.Cl. The number of hydrogen-bond acceptors (Lipinski definition) is 4. The van der Waals surface area contributed by atoms with Crippen LogP contribution in [0.5, 0.6) is 0 Å². The molecule has 0 saturated heterocycles. The number of halogens is 1. The Morgan fingerprint density at radius 1 is 1.12 bits per heavy atom. The van der Waals surface area contributed by atoms with Crippen LogP contribution in [0, 0.1) is 6.92 Å². The lowest BCUT2D eigenvalue weighted by Crippen LogP contribution is -1.98. The van der Waals surface area contributed by atoms with Gasteiger partial charge in [-0.25, -0.2) is 4.98 Å². The lowest BCUT2D eigenvalue weighted by atomic mass is 9.94. The van der Waals surface area contributed by atoms with Crippen molar-refractivity contribution in [3.05, 3.63) is 51.9 Å². The zero-order valence-corrected chi connectivity index (χ0v) is 16.3. The number of aromatic nitrogens is 1. The zero-order chi connectivity index (χ0) is 16.1. The van der Waals surface area contributed by atoms with Gasteiger partial charge in [0.05, 0.1) is 0 Å². The first-order valence-corrected chi connectivity index (χ1v) is 10.1. The number of aryl methyl sites for hydroxylation is 3. The van der Waals surface area contributed by atoms with E-state index in [2.05, 4.69) is 23.6 Å². The predicted octanol–water partition coefficient (Wildman–Crippen LogP) is 6.89. The lowest BCUT2D eigenvalue weighted by molar-refractivity contribution is 0.546. The molecular weight excluding hydrogens is 370 g/mol. The molecule has 4 aromatic rings. The molecule has 0 atom stereocenters. The summed E-state index contributed by atoms with van der Waals surface area (Å²) < 4.78 is 5.84. The second-order valence-electron chi connectivity index (χ2n) is 6.33. The van der Waals surface area contributed by atoms with Crippen molar-refractivity contribution in [1.82, 2.24) is 4.98 Å². The van der Waals surface area contributed by atoms with E-state index < -0.39 is 0 Å². The van der Waals surface area contributed by atoms with E-state index in [1.807, 2.05) is 30.4 Å². The summed E-state index contributed by atoms with van der Waals surface area (Å²) in [6.07, 6.45) is 4.99. The van der Waals surface area contributed by atoms with Crippen LogP contribution in [0.2, 0.25) is 0 Å². The van der Waals surface area contributed by atoms with Crippen LogP contribution in [-0.4, -0.2) is 4.98 Å². The zero-order valence-electron chi connectivity index (χ0n) is 13.9. The van der Waals surface area contributed by atoms with E-state index in [1.165, 1.54) is 46.4 Å². The number of nitrogens with zero attached hydrogens (tertiary/aromatic N) is 1. The van der Waals surface area contributed by atoms with Crippen LogP contribution < -0.4 is 0 Å². The van der Waals surface area contributed by atoms with Gasteiger partial charge in [0, 0.05) is 20.7 Å². The number of hydrogen-bond donors (Lipinski definition) is 0. The van der Waals surface area contributed by atoms with Gasteiger partial charge in [-0.15, -0.1) is 35.1 Å². The molecule has 0 spiro atoms. The third-order valence-corrected chi connectivity index (χ3v) is 6.79. The molecule has 0 aromatic carbocycles. The Hall–Kier alpha value is -1.62. The molecule has 5 rings (SSSR count). The molecule has 0 saturated carbocycles. The summed E-state index contributed by atoms with van der Waals surface area (Å²) in [5.74, 6) is 1.79. The summed E-state index contributed by atoms with van der Waals surface area (Å²) in [4.78, 5) is 8.98. The first-order valence-electron chi connectivity index (χ1n) is 8.35. The van der Waals surface area contributed by atoms with E-state index in [9.17, 15) is 0 Å².